The largest absolute Gasteiger partial charge is 0.325 e. The van der Waals surface area contributed by atoms with Gasteiger partial charge in [0, 0.05) is 23.1 Å². The highest BCUT2D eigenvalue weighted by molar-refractivity contribution is 7.90. The molecule has 170 valence electrons. The van der Waals surface area contributed by atoms with E-state index in [2.05, 4.69) is 14.3 Å². The summed E-state index contributed by atoms with van der Waals surface area (Å²) in [6.07, 6.45) is 0.451. The number of likely N-dealkylation sites (N-methyl/N-ethyl adjacent to an activating group) is 1. The lowest BCUT2D eigenvalue weighted by atomic mass is 9.88. The van der Waals surface area contributed by atoms with Crippen molar-refractivity contribution in [2.45, 2.75) is 18.9 Å². The number of hydrogen-bond donors (Lipinski definition) is 4. The first-order valence-electron chi connectivity index (χ1n) is 9.55. The van der Waals surface area contributed by atoms with Gasteiger partial charge in [0.2, 0.25) is 0 Å². The fourth-order valence-corrected chi connectivity index (χ4v) is 5.81. The van der Waals surface area contributed by atoms with Gasteiger partial charge in [-0.3, -0.25) is 14.2 Å². The van der Waals surface area contributed by atoms with Crippen LogP contribution >= 0.6 is 30.8 Å². The highest BCUT2D eigenvalue weighted by atomic mass is 35.5. The molecule has 31 heavy (non-hydrogen) atoms. The van der Waals surface area contributed by atoms with Crippen LogP contribution in [-0.2, 0) is 21.2 Å². The molecule has 0 saturated carbocycles. The van der Waals surface area contributed by atoms with E-state index in [4.69, 9.17) is 33.0 Å². The van der Waals surface area contributed by atoms with Gasteiger partial charge in [0.25, 0.3) is 10.2 Å². The molecule has 4 N–H and O–H groups in total. The number of nitrogens with one attached hydrogen (secondary N) is 2. The maximum absolute atomic E-state index is 12.3. The molecular weight excluding hydrogens is 484 g/mol. The number of hydrogen-bond acceptors (Lipinski definition) is 4. The average molecular weight is 508 g/mol. The smallest absolute Gasteiger partial charge is 0.324 e. The molecule has 0 fully saturated rings. The molecule has 1 unspecified atom stereocenters. The Bertz CT molecular complexity index is 1110. The highest BCUT2D eigenvalue weighted by Gasteiger charge is 2.29. The van der Waals surface area contributed by atoms with Crippen LogP contribution in [0.25, 0.3) is 0 Å². The van der Waals surface area contributed by atoms with E-state index in [1.165, 1.54) is 0 Å². The van der Waals surface area contributed by atoms with Crippen molar-refractivity contribution < 1.29 is 22.8 Å². The van der Waals surface area contributed by atoms with E-state index in [-0.39, 0.29) is 25.2 Å². The van der Waals surface area contributed by atoms with Crippen molar-refractivity contribution in [3.05, 3.63) is 63.1 Å². The zero-order valence-electron chi connectivity index (χ0n) is 16.8. The predicted octanol–water partition coefficient (Wildman–Crippen LogP) is 3.38. The highest BCUT2D eigenvalue weighted by Crippen LogP contribution is 2.40. The molecule has 2 aromatic carbocycles. The van der Waals surface area contributed by atoms with Crippen molar-refractivity contribution in [2.75, 3.05) is 31.0 Å². The van der Waals surface area contributed by atoms with E-state index < -0.39 is 17.8 Å². The molecule has 0 saturated heterocycles. The van der Waals surface area contributed by atoms with Gasteiger partial charge in [-0.25, -0.2) is 0 Å². The molecule has 0 spiro atoms. The van der Waals surface area contributed by atoms with Crippen LogP contribution in [0, 0.1) is 0 Å². The van der Waals surface area contributed by atoms with Gasteiger partial charge in [0.05, 0.1) is 17.9 Å². The van der Waals surface area contributed by atoms with Gasteiger partial charge in [-0.1, -0.05) is 35.3 Å². The number of anilines is 1. The minimum atomic E-state index is -4.16. The maximum atomic E-state index is 12.3. The lowest BCUT2D eigenvalue weighted by Crippen LogP contribution is -2.33. The van der Waals surface area contributed by atoms with Crippen LogP contribution in [0.15, 0.2) is 36.4 Å². The predicted molar refractivity (Wildman–Crippen MR) is 123 cm³/mol. The van der Waals surface area contributed by atoms with Crippen LogP contribution in [0.3, 0.4) is 0 Å². The van der Waals surface area contributed by atoms with E-state index in [1.54, 1.807) is 24.3 Å². The van der Waals surface area contributed by atoms with E-state index in [1.807, 2.05) is 19.2 Å². The van der Waals surface area contributed by atoms with Gasteiger partial charge in [-0.15, -0.1) is 0 Å². The van der Waals surface area contributed by atoms with Crippen molar-refractivity contribution in [3.63, 3.8) is 0 Å². The fourth-order valence-electron chi connectivity index (χ4n) is 3.67. The van der Waals surface area contributed by atoms with Gasteiger partial charge in [-0.2, -0.15) is 13.1 Å². The normalized spacial score (nSPS) is 17.4. The molecule has 12 heteroatoms. The summed E-state index contributed by atoms with van der Waals surface area (Å²) in [5.41, 5.74) is 3.26. The molecule has 0 aromatic heterocycles. The Morgan fingerprint density at radius 2 is 1.97 bits per heavy atom. The summed E-state index contributed by atoms with van der Waals surface area (Å²) in [5.74, 6) is 0. The van der Waals surface area contributed by atoms with Gasteiger partial charge in [0.1, 0.15) is 0 Å². The van der Waals surface area contributed by atoms with E-state index in [0.717, 1.165) is 29.7 Å². The Labute approximate surface area is 191 Å². The number of rotatable bonds is 8. The van der Waals surface area contributed by atoms with Gasteiger partial charge < -0.3 is 9.79 Å². The summed E-state index contributed by atoms with van der Waals surface area (Å²) in [7, 11) is -6.07. The molecule has 0 bridgehead atoms. The quantitative estimate of drug-likeness (QED) is 0.321. The Balaban J connectivity index is 1.79. The van der Waals surface area contributed by atoms with Crippen LogP contribution in [-0.4, -0.2) is 49.4 Å². The number of halogens is 2. The topological polar surface area (TPSA) is 119 Å². The van der Waals surface area contributed by atoms with Crippen LogP contribution in [0.5, 0.6) is 0 Å². The van der Waals surface area contributed by atoms with Crippen LogP contribution in [0.2, 0.25) is 10.0 Å². The Hall–Kier alpha value is -1.16. The standard InChI is InChI=1S/C19H24Cl2N3O5PS/c1-24-8-6-13-10-15(20)12-17(21)18(13)19(24)14-4-2-5-16(11-14)23-31(28,29)22-7-3-9-30(25,26)27/h2,4-5,10-12,19,22-23H,3,6-9H2,1H3,(H2,25,26,27). The van der Waals surface area contributed by atoms with Gasteiger partial charge >= 0.3 is 7.60 Å². The first-order chi connectivity index (χ1) is 14.5. The third-order valence-corrected chi connectivity index (χ3v) is 7.52. The second-order valence-electron chi connectivity index (χ2n) is 7.46. The Morgan fingerprint density at radius 3 is 2.68 bits per heavy atom. The van der Waals surface area contributed by atoms with E-state index >= 15 is 0 Å². The van der Waals surface area contributed by atoms with Crippen molar-refractivity contribution in [3.8, 4) is 0 Å². The summed E-state index contributed by atoms with van der Waals surface area (Å²) in [6, 6.07) is 10.5. The van der Waals surface area contributed by atoms with E-state index in [0.29, 0.717) is 15.7 Å². The minimum Gasteiger partial charge on any atom is -0.324 e. The second kappa shape index (κ2) is 9.77. The number of benzene rings is 2. The average Bonchev–Trinajstić information content (AvgIpc) is 2.65. The molecule has 0 radical (unpaired) electrons. The molecule has 1 heterocycles. The molecule has 2 aromatic rings. The van der Waals surface area contributed by atoms with Gasteiger partial charge in [0.15, 0.2) is 0 Å². The lowest BCUT2D eigenvalue weighted by molar-refractivity contribution is 0.265. The molecule has 1 atom stereocenters. The maximum Gasteiger partial charge on any atom is 0.325 e. The SMILES string of the molecule is CN1CCc2cc(Cl)cc(Cl)c2C1c1cccc(NS(=O)(=O)NCCCP(=O)(O)O)c1. The summed E-state index contributed by atoms with van der Waals surface area (Å²) >= 11 is 12.7. The zero-order valence-corrected chi connectivity index (χ0v) is 20.0. The van der Waals surface area contributed by atoms with Crippen molar-refractivity contribution in [1.82, 2.24) is 9.62 Å². The third-order valence-electron chi connectivity index (χ3n) is 5.00. The van der Waals surface area contributed by atoms with Gasteiger partial charge in [-0.05, 0) is 60.8 Å². The number of nitrogens with zero attached hydrogens (tertiary/aromatic N) is 1. The lowest BCUT2D eigenvalue weighted by Gasteiger charge is -2.36. The minimum absolute atomic E-state index is 0.0237. The summed E-state index contributed by atoms with van der Waals surface area (Å²) in [6.45, 7) is 0.709. The molecule has 0 amide bonds. The monoisotopic (exact) mass is 507 g/mol. The van der Waals surface area contributed by atoms with Crippen molar-refractivity contribution in [2.24, 2.45) is 0 Å². The summed E-state index contributed by atoms with van der Waals surface area (Å²) in [5, 5.41) is 1.15. The Morgan fingerprint density at radius 1 is 1.23 bits per heavy atom. The summed E-state index contributed by atoms with van der Waals surface area (Å²) in [4.78, 5) is 19.9. The van der Waals surface area contributed by atoms with Crippen molar-refractivity contribution >= 4 is 46.7 Å². The van der Waals surface area contributed by atoms with E-state index in [9.17, 15) is 13.0 Å². The molecule has 8 nitrogen and oxygen atoms in total. The first kappa shape index (κ1) is 24.5. The fraction of sp³-hybridized carbons (Fsp3) is 0.368. The first-order valence-corrected chi connectivity index (χ1v) is 13.6. The zero-order chi connectivity index (χ0) is 22.8. The van der Waals surface area contributed by atoms with Crippen LogP contribution in [0.1, 0.15) is 29.2 Å². The molecule has 1 aliphatic heterocycles. The molecular formula is C19H24Cl2N3O5PS. The summed E-state index contributed by atoms with van der Waals surface area (Å²) < 4.78 is 40.2. The molecule has 1 aliphatic rings. The van der Waals surface area contributed by atoms with Crippen LogP contribution < -0.4 is 9.44 Å². The Kier molecular flexibility index (Phi) is 7.71. The van der Waals surface area contributed by atoms with Crippen LogP contribution in [0.4, 0.5) is 5.69 Å². The third kappa shape index (κ3) is 6.66. The number of fused-ring (bicyclic) bond motifs is 1. The van der Waals surface area contributed by atoms with Crippen molar-refractivity contribution in [1.29, 1.82) is 0 Å². The molecule has 3 rings (SSSR count). The molecule has 0 aliphatic carbocycles. The second-order valence-corrected chi connectivity index (χ2v) is 11.6.